The molecule has 1 aromatic rings. The highest BCUT2D eigenvalue weighted by Gasteiger charge is 2.53. The first-order chi connectivity index (χ1) is 11.3. The van der Waals surface area contributed by atoms with E-state index in [1.54, 1.807) is 16.4 Å². The quantitative estimate of drug-likeness (QED) is 0.795. The van der Waals surface area contributed by atoms with Crippen LogP contribution in [0.15, 0.2) is 23.1 Å². The van der Waals surface area contributed by atoms with Crippen LogP contribution in [0, 0.1) is 18.3 Å². The van der Waals surface area contributed by atoms with Crippen LogP contribution in [0.3, 0.4) is 0 Å². The van der Waals surface area contributed by atoms with Crippen molar-refractivity contribution in [1.82, 2.24) is 9.21 Å². The fraction of sp³-hybridized carbons (Fsp3) is 0.647. The van der Waals surface area contributed by atoms with E-state index in [4.69, 9.17) is 9.47 Å². The minimum absolute atomic E-state index is 0.117. The lowest BCUT2D eigenvalue weighted by Crippen LogP contribution is -2.41. The van der Waals surface area contributed by atoms with E-state index >= 15 is 0 Å². The summed E-state index contributed by atoms with van der Waals surface area (Å²) in [6, 6.07) is 5.22. The van der Waals surface area contributed by atoms with E-state index in [2.05, 4.69) is 4.90 Å². The molecule has 3 rings (SSSR count). The molecule has 0 bridgehead atoms. The summed E-state index contributed by atoms with van der Waals surface area (Å²) < 4.78 is 38.9. The van der Waals surface area contributed by atoms with Gasteiger partial charge in [0.05, 0.1) is 20.3 Å². The molecule has 6 nitrogen and oxygen atoms in total. The molecule has 0 spiro atoms. The van der Waals surface area contributed by atoms with Gasteiger partial charge in [0.15, 0.2) is 0 Å². The Balaban J connectivity index is 1.92. The van der Waals surface area contributed by atoms with Crippen molar-refractivity contribution in [3.8, 4) is 5.75 Å². The number of hydrogen-bond acceptors (Lipinski definition) is 5. The summed E-state index contributed by atoms with van der Waals surface area (Å²) in [6.07, 6.45) is 0. The van der Waals surface area contributed by atoms with Crippen molar-refractivity contribution in [2.75, 3.05) is 54.1 Å². The summed E-state index contributed by atoms with van der Waals surface area (Å²) >= 11 is 0. The van der Waals surface area contributed by atoms with Crippen molar-refractivity contribution in [3.05, 3.63) is 23.8 Å². The second-order valence-electron chi connectivity index (χ2n) is 7.26. The van der Waals surface area contributed by atoms with Crippen LogP contribution in [-0.2, 0) is 14.8 Å². The Morgan fingerprint density at radius 3 is 2.83 bits per heavy atom. The lowest BCUT2D eigenvalue weighted by Gasteiger charge is -2.30. The number of sulfonamides is 1. The highest BCUT2D eigenvalue weighted by Crippen LogP contribution is 2.44. The number of rotatable bonds is 5. The van der Waals surface area contributed by atoms with Crippen LogP contribution < -0.4 is 4.74 Å². The topological polar surface area (TPSA) is 59.1 Å². The van der Waals surface area contributed by atoms with Gasteiger partial charge in [-0.25, -0.2) is 8.42 Å². The standard InChI is InChI=1S/C17H26N2O4S/c1-13-5-6-16(15(7-13)22-4)24(20,21)19-8-14-9-23-12-17(14,11-19)10-18(2)3/h5-7,14H,8-12H2,1-4H3/t14-,17+/m1/s1. The molecule has 2 saturated heterocycles. The Labute approximate surface area is 144 Å². The zero-order valence-electron chi connectivity index (χ0n) is 14.8. The monoisotopic (exact) mass is 354 g/mol. The second-order valence-corrected chi connectivity index (χ2v) is 9.17. The summed E-state index contributed by atoms with van der Waals surface area (Å²) in [5.74, 6) is 0.649. The zero-order valence-corrected chi connectivity index (χ0v) is 15.6. The molecule has 24 heavy (non-hydrogen) atoms. The maximum atomic E-state index is 13.2. The van der Waals surface area contributed by atoms with Crippen molar-refractivity contribution in [3.63, 3.8) is 0 Å². The van der Waals surface area contributed by atoms with E-state index in [-0.39, 0.29) is 16.2 Å². The minimum atomic E-state index is -3.58. The molecule has 2 heterocycles. The van der Waals surface area contributed by atoms with Crippen LogP contribution >= 0.6 is 0 Å². The van der Waals surface area contributed by atoms with Crippen LogP contribution in [-0.4, -0.2) is 71.7 Å². The normalized spacial score (nSPS) is 27.6. The molecule has 2 fully saturated rings. The van der Waals surface area contributed by atoms with Gasteiger partial charge in [0, 0.05) is 31.0 Å². The van der Waals surface area contributed by atoms with Gasteiger partial charge in [0.1, 0.15) is 10.6 Å². The van der Waals surface area contributed by atoms with Gasteiger partial charge in [0.25, 0.3) is 0 Å². The van der Waals surface area contributed by atoms with Gasteiger partial charge in [-0.05, 0) is 38.7 Å². The van der Waals surface area contributed by atoms with Gasteiger partial charge in [-0.15, -0.1) is 0 Å². The van der Waals surface area contributed by atoms with Crippen LogP contribution in [0.5, 0.6) is 5.75 Å². The van der Waals surface area contributed by atoms with Crippen molar-refractivity contribution in [1.29, 1.82) is 0 Å². The van der Waals surface area contributed by atoms with E-state index in [0.717, 1.165) is 12.1 Å². The zero-order chi connectivity index (χ0) is 17.5. The molecule has 134 valence electrons. The molecular weight excluding hydrogens is 328 g/mol. The molecule has 7 heteroatoms. The number of methoxy groups -OCH3 is 1. The lowest BCUT2D eigenvalue weighted by molar-refractivity contribution is 0.123. The first-order valence-electron chi connectivity index (χ1n) is 8.16. The van der Waals surface area contributed by atoms with Crippen molar-refractivity contribution in [2.24, 2.45) is 11.3 Å². The smallest absolute Gasteiger partial charge is 0.246 e. The Morgan fingerprint density at radius 2 is 2.17 bits per heavy atom. The molecule has 0 aliphatic carbocycles. The number of nitrogens with zero attached hydrogens (tertiary/aromatic N) is 2. The largest absolute Gasteiger partial charge is 0.495 e. The first kappa shape index (κ1) is 17.7. The third kappa shape index (κ3) is 2.94. The highest BCUT2D eigenvalue weighted by molar-refractivity contribution is 7.89. The van der Waals surface area contributed by atoms with Crippen LogP contribution in [0.1, 0.15) is 5.56 Å². The summed E-state index contributed by atoms with van der Waals surface area (Å²) in [4.78, 5) is 2.36. The fourth-order valence-electron chi connectivity index (χ4n) is 3.95. The van der Waals surface area contributed by atoms with Gasteiger partial charge >= 0.3 is 0 Å². The summed E-state index contributed by atoms with van der Waals surface area (Å²) in [7, 11) is 1.96. The SMILES string of the molecule is COc1cc(C)ccc1S(=O)(=O)N1C[C@@H]2COC[C@]2(CN(C)C)C1. The van der Waals surface area contributed by atoms with E-state index in [0.29, 0.717) is 32.1 Å². The Morgan fingerprint density at radius 1 is 1.42 bits per heavy atom. The number of aryl methyl sites for hydroxylation is 1. The minimum Gasteiger partial charge on any atom is -0.495 e. The average molecular weight is 354 g/mol. The predicted molar refractivity (Wildman–Crippen MR) is 91.8 cm³/mol. The van der Waals surface area contributed by atoms with Crippen LogP contribution in [0.2, 0.25) is 0 Å². The van der Waals surface area contributed by atoms with Gasteiger partial charge in [-0.2, -0.15) is 4.31 Å². The number of ether oxygens (including phenoxy) is 2. The summed E-state index contributed by atoms with van der Waals surface area (Å²) in [5, 5.41) is 0. The summed E-state index contributed by atoms with van der Waals surface area (Å²) in [5.41, 5.74) is 0.857. The van der Waals surface area contributed by atoms with Gasteiger partial charge < -0.3 is 14.4 Å². The van der Waals surface area contributed by atoms with Crippen molar-refractivity contribution < 1.29 is 17.9 Å². The molecule has 0 unspecified atom stereocenters. The molecule has 2 atom stereocenters. The Kier molecular flexibility index (Phi) is 4.63. The molecule has 0 radical (unpaired) electrons. The first-order valence-corrected chi connectivity index (χ1v) is 9.60. The average Bonchev–Trinajstić information content (AvgIpc) is 3.02. The van der Waals surface area contributed by atoms with Crippen LogP contribution in [0.25, 0.3) is 0 Å². The maximum Gasteiger partial charge on any atom is 0.246 e. The van der Waals surface area contributed by atoms with Crippen molar-refractivity contribution >= 4 is 10.0 Å². The molecule has 1 aromatic carbocycles. The summed E-state index contributed by atoms with van der Waals surface area (Å²) in [6.45, 7) is 5.00. The molecule has 2 aliphatic rings. The van der Waals surface area contributed by atoms with Crippen LogP contribution in [0.4, 0.5) is 0 Å². The second kappa shape index (κ2) is 6.29. The molecular formula is C17H26N2O4S. The maximum absolute atomic E-state index is 13.2. The number of fused-ring (bicyclic) bond motifs is 1. The fourth-order valence-corrected chi connectivity index (χ4v) is 5.66. The van der Waals surface area contributed by atoms with Gasteiger partial charge in [-0.1, -0.05) is 6.07 Å². The lowest BCUT2D eigenvalue weighted by atomic mass is 9.81. The molecule has 0 saturated carbocycles. The van der Waals surface area contributed by atoms with Gasteiger partial charge in [0.2, 0.25) is 10.0 Å². The van der Waals surface area contributed by atoms with Gasteiger partial charge in [-0.3, -0.25) is 0 Å². The molecule has 0 amide bonds. The van der Waals surface area contributed by atoms with E-state index in [9.17, 15) is 8.42 Å². The number of hydrogen-bond donors (Lipinski definition) is 0. The highest BCUT2D eigenvalue weighted by atomic mass is 32.2. The Bertz CT molecular complexity index is 719. The van der Waals surface area contributed by atoms with E-state index in [1.807, 2.05) is 27.1 Å². The Hall–Kier alpha value is -1.15. The van der Waals surface area contributed by atoms with E-state index in [1.165, 1.54) is 7.11 Å². The molecule has 0 N–H and O–H groups in total. The van der Waals surface area contributed by atoms with E-state index < -0.39 is 10.0 Å². The third-order valence-electron chi connectivity index (χ3n) is 5.06. The molecule has 2 aliphatic heterocycles. The third-order valence-corrected chi connectivity index (χ3v) is 6.91. The number of benzene rings is 1. The predicted octanol–water partition coefficient (Wildman–Crippen LogP) is 1.20. The van der Waals surface area contributed by atoms with Crippen molar-refractivity contribution in [2.45, 2.75) is 11.8 Å². The molecule has 0 aromatic heterocycles.